The summed E-state index contributed by atoms with van der Waals surface area (Å²) in [7, 11) is 0. The molecule has 0 bridgehead atoms. The number of hydrogen-bond acceptors (Lipinski definition) is 4. The summed E-state index contributed by atoms with van der Waals surface area (Å²) in [6.07, 6.45) is 1.90. The zero-order chi connectivity index (χ0) is 15.8. The molecule has 0 radical (unpaired) electrons. The Morgan fingerprint density at radius 2 is 1.86 bits per heavy atom. The normalized spacial score (nSPS) is 10.6. The minimum atomic E-state index is -0.344. The van der Waals surface area contributed by atoms with Gasteiger partial charge in [-0.2, -0.15) is 0 Å². The van der Waals surface area contributed by atoms with E-state index in [4.69, 9.17) is 5.73 Å². The summed E-state index contributed by atoms with van der Waals surface area (Å²) < 4.78 is 0. The highest BCUT2D eigenvalue weighted by Gasteiger charge is 2.08. The molecule has 0 aliphatic carbocycles. The molecule has 8 heteroatoms. The van der Waals surface area contributed by atoms with Crippen LogP contribution in [-0.2, 0) is 9.59 Å². The Balaban J connectivity index is 0.00000441. The van der Waals surface area contributed by atoms with Crippen LogP contribution < -0.4 is 16.5 Å². The van der Waals surface area contributed by atoms with Crippen molar-refractivity contribution in [3.63, 3.8) is 0 Å². The lowest BCUT2D eigenvalue weighted by Crippen LogP contribution is -2.23. The van der Waals surface area contributed by atoms with Gasteiger partial charge in [-0.05, 0) is 37.3 Å². The molecule has 0 spiro atoms. The Labute approximate surface area is 151 Å². The summed E-state index contributed by atoms with van der Waals surface area (Å²) in [4.78, 5) is 23.3. The predicted molar refractivity (Wildman–Crippen MR) is 102 cm³/mol. The molecular weight excluding hydrogens is 415 g/mol. The molecule has 0 saturated carbocycles. The van der Waals surface area contributed by atoms with Crippen LogP contribution in [0.25, 0.3) is 0 Å². The number of aryl methyl sites for hydroxylation is 2. The largest absolute Gasteiger partial charge is 0.377 e. The topological polar surface area (TPSA) is 96.6 Å². The summed E-state index contributed by atoms with van der Waals surface area (Å²) in [5.41, 5.74) is 10.5. The van der Waals surface area contributed by atoms with Crippen molar-refractivity contribution < 1.29 is 9.59 Å². The predicted octanol–water partition coefficient (Wildman–Crippen LogP) is 2.35. The van der Waals surface area contributed by atoms with E-state index < -0.39 is 0 Å². The van der Waals surface area contributed by atoms with Crippen LogP contribution in [0, 0.1) is 13.8 Å². The number of hydrazone groups is 1. The molecular formula is C14H21IN4O2S. The van der Waals surface area contributed by atoms with Gasteiger partial charge in [0.25, 0.3) is 0 Å². The van der Waals surface area contributed by atoms with Crippen LogP contribution in [0.3, 0.4) is 0 Å². The van der Waals surface area contributed by atoms with Crippen LogP contribution in [0.4, 0.5) is 5.69 Å². The molecule has 0 aromatic heterocycles. The molecule has 122 valence electrons. The standard InChI is InChI=1S/C14H20N4O2S.HI/c1-9-4-5-10(2)11(8-9)16-12(19)6-7-13(20)17-18-14(15)21-3;/h4-5,8H,6-7H2,1-3H3,(H2,15,18)(H,16,19)(H,17,20);1H. The average molecular weight is 436 g/mol. The molecule has 4 N–H and O–H groups in total. The molecule has 0 aliphatic rings. The van der Waals surface area contributed by atoms with E-state index in [1.165, 1.54) is 11.8 Å². The van der Waals surface area contributed by atoms with E-state index in [0.29, 0.717) is 0 Å². The number of nitrogens with one attached hydrogen (secondary N) is 2. The second-order valence-electron chi connectivity index (χ2n) is 4.56. The Morgan fingerprint density at radius 1 is 1.23 bits per heavy atom. The van der Waals surface area contributed by atoms with Crippen LogP contribution in [0.2, 0.25) is 0 Å². The number of rotatable bonds is 5. The average Bonchev–Trinajstić information content (AvgIpc) is 2.46. The van der Waals surface area contributed by atoms with E-state index in [9.17, 15) is 9.59 Å². The summed E-state index contributed by atoms with van der Waals surface area (Å²) in [6, 6.07) is 5.82. The lowest BCUT2D eigenvalue weighted by Gasteiger charge is -2.09. The van der Waals surface area contributed by atoms with E-state index in [0.717, 1.165) is 16.8 Å². The molecule has 0 atom stereocenters. The summed E-state index contributed by atoms with van der Waals surface area (Å²) in [5, 5.41) is 6.72. The first-order valence-corrected chi connectivity index (χ1v) is 7.68. The maximum atomic E-state index is 11.8. The van der Waals surface area contributed by atoms with Crippen molar-refractivity contribution >= 4 is 58.4 Å². The van der Waals surface area contributed by atoms with Gasteiger partial charge in [0.05, 0.1) is 0 Å². The van der Waals surface area contributed by atoms with Gasteiger partial charge in [-0.25, -0.2) is 5.43 Å². The number of hydrogen-bond donors (Lipinski definition) is 3. The van der Waals surface area contributed by atoms with Crippen LogP contribution in [-0.4, -0.2) is 23.2 Å². The highest BCUT2D eigenvalue weighted by Crippen LogP contribution is 2.16. The molecule has 0 unspecified atom stereocenters. The van der Waals surface area contributed by atoms with Crippen LogP contribution in [0.15, 0.2) is 23.3 Å². The van der Waals surface area contributed by atoms with Gasteiger partial charge in [0.1, 0.15) is 0 Å². The molecule has 1 rings (SSSR count). The first kappa shape index (κ1) is 20.7. The Bertz CT molecular complexity index is 564. The van der Waals surface area contributed by atoms with Crippen molar-refractivity contribution in [2.45, 2.75) is 26.7 Å². The molecule has 0 fully saturated rings. The number of nitrogens with two attached hydrogens (primary N) is 1. The van der Waals surface area contributed by atoms with Crippen molar-refractivity contribution in [1.29, 1.82) is 0 Å². The number of benzene rings is 1. The Kier molecular flexibility index (Phi) is 9.83. The smallest absolute Gasteiger partial charge is 0.240 e. The van der Waals surface area contributed by atoms with E-state index in [1.54, 1.807) is 6.26 Å². The molecule has 0 saturated heterocycles. The molecule has 1 aromatic carbocycles. The number of amidine groups is 1. The van der Waals surface area contributed by atoms with Crippen molar-refractivity contribution in [3.05, 3.63) is 29.3 Å². The van der Waals surface area contributed by atoms with E-state index in [2.05, 4.69) is 15.8 Å². The third kappa shape index (κ3) is 7.64. The number of nitrogens with zero attached hydrogens (tertiary/aromatic N) is 1. The zero-order valence-electron chi connectivity index (χ0n) is 12.8. The molecule has 0 heterocycles. The lowest BCUT2D eigenvalue weighted by molar-refractivity contribution is -0.124. The third-order valence-electron chi connectivity index (χ3n) is 2.75. The fourth-order valence-electron chi connectivity index (χ4n) is 1.53. The summed E-state index contributed by atoms with van der Waals surface area (Å²) in [6.45, 7) is 3.87. The number of thioether (sulfide) groups is 1. The summed E-state index contributed by atoms with van der Waals surface area (Å²) in [5.74, 6) is -0.552. The van der Waals surface area contributed by atoms with Crippen LogP contribution in [0.1, 0.15) is 24.0 Å². The van der Waals surface area contributed by atoms with Gasteiger partial charge in [0, 0.05) is 18.5 Å². The van der Waals surface area contributed by atoms with E-state index >= 15 is 0 Å². The second kappa shape index (κ2) is 10.4. The van der Waals surface area contributed by atoms with Gasteiger partial charge in [-0.1, -0.05) is 23.9 Å². The number of halogens is 1. The first-order chi connectivity index (χ1) is 9.92. The van der Waals surface area contributed by atoms with Gasteiger partial charge >= 0.3 is 0 Å². The van der Waals surface area contributed by atoms with Gasteiger partial charge in [0.15, 0.2) is 5.17 Å². The Hall–Kier alpha value is -1.29. The minimum absolute atomic E-state index is 0. The van der Waals surface area contributed by atoms with Crippen molar-refractivity contribution in [3.8, 4) is 0 Å². The summed E-state index contributed by atoms with van der Waals surface area (Å²) >= 11 is 1.23. The maximum absolute atomic E-state index is 11.8. The van der Waals surface area contributed by atoms with Crippen molar-refractivity contribution in [2.24, 2.45) is 10.8 Å². The van der Waals surface area contributed by atoms with Gasteiger partial charge < -0.3 is 11.1 Å². The van der Waals surface area contributed by atoms with Gasteiger partial charge in [-0.3, -0.25) is 9.59 Å². The fourth-order valence-corrected chi connectivity index (χ4v) is 1.67. The first-order valence-electron chi connectivity index (χ1n) is 6.45. The molecule has 22 heavy (non-hydrogen) atoms. The number of anilines is 1. The maximum Gasteiger partial charge on any atom is 0.240 e. The lowest BCUT2D eigenvalue weighted by atomic mass is 10.1. The Morgan fingerprint density at radius 3 is 2.50 bits per heavy atom. The van der Waals surface area contributed by atoms with Crippen molar-refractivity contribution in [2.75, 3.05) is 11.6 Å². The van der Waals surface area contributed by atoms with E-state index in [-0.39, 0.29) is 53.8 Å². The number of carbonyl (C=O) groups is 2. The van der Waals surface area contributed by atoms with Crippen LogP contribution in [0.5, 0.6) is 0 Å². The molecule has 0 aliphatic heterocycles. The third-order valence-corrected chi connectivity index (χ3v) is 3.26. The number of amides is 2. The fraction of sp³-hybridized carbons (Fsp3) is 0.357. The zero-order valence-corrected chi connectivity index (χ0v) is 16.0. The molecule has 2 amide bonds. The monoisotopic (exact) mass is 436 g/mol. The van der Waals surface area contributed by atoms with Gasteiger partial charge in [-0.15, -0.1) is 29.1 Å². The van der Waals surface area contributed by atoms with Gasteiger partial charge in [0.2, 0.25) is 11.8 Å². The van der Waals surface area contributed by atoms with E-state index in [1.807, 2.05) is 32.0 Å². The van der Waals surface area contributed by atoms with Crippen molar-refractivity contribution in [1.82, 2.24) is 5.43 Å². The van der Waals surface area contributed by atoms with Crippen LogP contribution >= 0.6 is 35.7 Å². The SMILES string of the molecule is CS/C(N)=N/NC(=O)CCC(=O)Nc1cc(C)ccc1C.I. The quantitative estimate of drug-likeness (QED) is 0.286. The highest BCUT2D eigenvalue weighted by molar-refractivity contribution is 14.0. The highest BCUT2D eigenvalue weighted by atomic mass is 127. The minimum Gasteiger partial charge on any atom is -0.377 e. The second-order valence-corrected chi connectivity index (χ2v) is 5.38. The number of carbonyl (C=O) groups excluding carboxylic acids is 2. The molecule has 6 nitrogen and oxygen atoms in total. The molecule has 1 aromatic rings.